The molecule has 2 unspecified atom stereocenters. The molecule has 106 valence electrons. The molecule has 0 aliphatic heterocycles. The van der Waals surface area contributed by atoms with Crippen molar-refractivity contribution in [3.05, 3.63) is 35.4 Å². The second-order valence-corrected chi connectivity index (χ2v) is 6.40. The lowest BCUT2D eigenvalue weighted by Gasteiger charge is -2.32. The van der Waals surface area contributed by atoms with Crippen LogP contribution in [0.1, 0.15) is 50.8 Å². The predicted molar refractivity (Wildman–Crippen MR) is 80.4 cm³/mol. The maximum atomic E-state index is 5.36. The van der Waals surface area contributed by atoms with E-state index in [2.05, 4.69) is 50.4 Å². The lowest BCUT2D eigenvalue weighted by Crippen LogP contribution is -2.40. The van der Waals surface area contributed by atoms with Gasteiger partial charge < -0.3 is 10.1 Å². The van der Waals surface area contributed by atoms with E-state index < -0.39 is 0 Å². The second kappa shape index (κ2) is 6.06. The van der Waals surface area contributed by atoms with Gasteiger partial charge in [0.05, 0.1) is 6.61 Å². The van der Waals surface area contributed by atoms with Crippen LogP contribution in [0.4, 0.5) is 0 Å². The van der Waals surface area contributed by atoms with Gasteiger partial charge in [-0.15, -0.1) is 0 Å². The monoisotopic (exact) mass is 261 g/mol. The molecule has 0 amide bonds. The van der Waals surface area contributed by atoms with Crippen LogP contribution in [-0.2, 0) is 11.2 Å². The van der Waals surface area contributed by atoms with Gasteiger partial charge in [-0.25, -0.2) is 0 Å². The number of fused-ring (bicyclic) bond motifs is 1. The van der Waals surface area contributed by atoms with E-state index in [1.54, 1.807) is 7.11 Å². The molecule has 0 saturated carbocycles. The summed E-state index contributed by atoms with van der Waals surface area (Å²) in [7, 11) is 1.79. The quantitative estimate of drug-likeness (QED) is 0.843. The van der Waals surface area contributed by atoms with Gasteiger partial charge >= 0.3 is 0 Å². The molecule has 19 heavy (non-hydrogen) atoms. The first kappa shape index (κ1) is 14.5. The first-order valence-electron chi connectivity index (χ1n) is 7.41. The minimum absolute atomic E-state index is 0.281. The van der Waals surface area contributed by atoms with Crippen molar-refractivity contribution in [3.8, 4) is 0 Å². The van der Waals surface area contributed by atoms with Crippen molar-refractivity contribution in [2.75, 3.05) is 13.7 Å². The van der Waals surface area contributed by atoms with Crippen molar-refractivity contribution >= 4 is 0 Å². The number of nitrogens with one attached hydrogen (secondary N) is 1. The van der Waals surface area contributed by atoms with Crippen LogP contribution in [0.25, 0.3) is 0 Å². The van der Waals surface area contributed by atoms with Gasteiger partial charge in [-0.1, -0.05) is 51.5 Å². The predicted octanol–water partition coefficient (Wildman–Crippen LogP) is 3.71. The molecule has 1 aliphatic rings. The Morgan fingerprint density at radius 3 is 2.79 bits per heavy atom. The van der Waals surface area contributed by atoms with E-state index in [4.69, 9.17) is 4.74 Å². The summed E-state index contributed by atoms with van der Waals surface area (Å²) in [6.45, 7) is 7.75. The zero-order valence-corrected chi connectivity index (χ0v) is 12.7. The molecule has 0 saturated heterocycles. The van der Waals surface area contributed by atoms with Crippen LogP contribution in [-0.4, -0.2) is 19.8 Å². The number of methoxy groups -OCH3 is 1. The minimum Gasteiger partial charge on any atom is -0.383 e. The van der Waals surface area contributed by atoms with Crippen molar-refractivity contribution < 1.29 is 4.74 Å². The van der Waals surface area contributed by atoms with Crippen molar-refractivity contribution in [1.29, 1.82) is 0 Å². The summed E-state index contributed by atoms with van der Waals surface area (Å²) in [5, 5.41) is 3.84. The lowest BCUT2D eigenvalue weighted by molar-refractivity contribution is 0.139. The zero-order valence-electron chi connectivity index (χ0n) is 12.7. The topological polar surface area (TPSA) is 21.3 Å². The van der Waals surface area contributed by atoms with Gasteiger partial charge in [0.25, 0.3) is 0 Å². The highest BCUT2D eigenvalue weighted by molar-refractivity contribution is 5.37. The highest BCUT2D eigenvalue weighted by Gasteiger charge is 2.39. The van der Waals surface area contributed by atoms with Gasteiger partial charge in [-0.3, -0.25) is 0 Å². The van der Waals surface area contributed by atoms with Gasteiger partial charge in [0.2, 0.25) is 0 Å². The molecule has 2 atom stereocenters. The molecule has 1 aromatic carbocycles. The first-order valence-corrected chi connectivity index (χ1v) is 7.41. The van der Waals surface area contributed by atoms with Gasteiger partial charge in [-0.2, -0.15) is 0 Å². The summed E-state index contributed by atoms with van der Waals surface area (Å²) in [5.41, 5.74) is 3.26. The fourth-order valence-electron chi connectivity index (χ4n) is 3.31. The Labute approximate surface area is 117 Å². The van der Waals surface area contributed by atoms with Crippen LogP contribution in [0.3, 0.4) is 0 Å². The van der Waals surface area contributed by atoms with E-state index in [0.717, 1.165) is 13.0 Å². The molecule has 2 nitrogen and oxygen atoms in total. The van der Waals surface area contributed by atoms with Crippen molar-refractivity contribution in [3.63, 3.8) is 0 Å². The fraction of sp³-hybridized carbons (Fsp3) is 0.647. The van der Waals surface area contributed by atoms with E-state index in [9.17, 15) is 0 Å². The summed E-state index contributed by atoms with van der Waals surface area (Å²) in [5.74, 6) is 0. The number of ether oxygens (including phenoxy) is 1. The minimum atomic E-state index is 0.281. The van der Waals surface area contributed by atoms with Gasteiger partial charge in [0.1, 0.15) is 0 Å². The summed E-state index contributed by atoms with van der Waals surface area (Å²) in [6, 6.07) is 9.73. The third-order valence-electron chi connectivity index (χ3n) is 4.20. The maximum absolute atomic E-state index is 5.36. The Kier molecular flexibility index (Phi) is 4.64. The lowest BCUT2D eigenvalue weighted by atomic mass is 9.84. The fourth-order valence-corrected chi connectivity index (χ4v) is 3.31. The van der Waals surface area contributed by atoms with Crippen LogP contribution in [0.5, 0.6) is 0 Å². The van der Waals surface area contributed by atoms with Crippen LogP contribution < -0.4 is 5.32 Å². The molecule has 0 fully saturated rings. The maximum Gasteiger partial charge on any atom is 0.0616 e. The summed E-state index contributed by atoms with van der Waals surface area (Å²) < 4.78 is 5.36. The molecule has 1 aliphatic carbocycles. The Balaban J connectivity index is 2.17. The Bertz CT molecular complexity index is 407. The van der Waals surface area contributed by atoms with Gasteiger partial charge in [0.15, 0.2) is 0 Å². The van der Waals surface area contributed by atoms with E-state index in [1.807, 2.05) is 0 Å². The number of rotatable bonds is 6. The molecule has 1 aromatic rings. The normalized spacial score (nSPS) is 22.2. The van der Waals surface area contributed by atoms with E-state index in [-0.39, 0.29) is 5.41 Å². The molecule has 2 heteroatoms. The zero-order chi connectivity index (χ0) is 13.9. The van der Waals surface area contributed by atoms with Crippen LogP contribution in [0, 0.1) is 5.41 Å². The molecule has 0 heterocycles. The second-order valence-electron chi connectivity index (χ2n) is 6.40. The van der Waals surface area contributed by atoms with E-state index in [0.29, 0.717) is 12.1 Å². The van der Waals surface area contributed by atoms with Gasteiger partial charge in [0, 0.05) is 19.2 Å². The summed E-state index contributed by atoms with van der Waals surface area (Å²) in [4.78, 5) is 0. The summed E-state index contributed by atoms with van der Waals surface area (Å²) in [6.07, 6.45) is 3.52. The Hall–Kier alpha value is -0.860. The highest BCUT2D eigenvalue weighted by atomic mass is 16.5. The van der Waals surface area contributed by atoms with Crippen LogP contribution in [0.15, 0.2) is 24.3 Å². The van der Waals surface area contributed by atoms with Crippen LogP contribution in [0.2, 0.25) is 0 Å². The van der Waals surface area contributed by atoms with Gasteiger partial charge in [-0.05, 0) is 29.4 Å². The number of hydrogen-bond donors (Lipinski definition) is 1. The van der Waals surface area contributed by atoms with Crippen molar-refractivity contribution in [2.24, 2.45) is 5.41 Å². The Morgan fingerprint density at radius 2 is 2.11 bits per heavy atom. The number of hydrogen-bond acceptors (Lipinski definition) is 2. The largest absolute Gasteiger partial charge is 0.383 e. The molecular formula is C17H27NO. The average molecular weight is 261 g/mol. The third kappa shape index (κ3) is 3.18. The average Bonchev–Trinajstić information content (AvgIpc) is 2.61. The van der Waals surface area contributed by atoms with Crippen molar-refractivity contribution in [2.45, 2.75) is 52.1 Å². The third-order valence-corrected chi connectivity index (χ3v) is 4.20. The Morgan fingerprint density at radius 1 is 1.37 bits per heavy atom. The van der Waals surface area contributed by atoms with Crippen molar-refractivity contribution in [1.82, 2.24) is 5.32 Å². The van der Waals surface area contributed by atoms with Crippen LogP contribution >= 0.6 is 0 Å². The highest BCUT2D eigenvalue weighted by Crippen LogP contribution is 2.45. The summed E-state index contributed by atoms with van der Waals surface area (Å²) >= 11 is 0. The SMILES string of the molecule is CCCC(COC)NC1c2ccccc2CC1(C)C. The van der Waals surface area contributed by atoms with E-state index in [1.165, 1.54) is 24.0 Å². The molecule has 0 radical (unpaired) electrons. The molecule has 0 bridgehead atoms. The molecule has 0 spiro atoms. The standard InChI is InChI=1S/C17H27NO/c1-5-8-14(12-19-4)18-16-15-10-7-6-9-13(15)11-17(16,2)3/h6-7,9-10,14,16,18H,5,8,11-12H2,1-4H3. The number of benzene rings is 1. The van der Waals surface area contributed by atoms with E-state index >= 15 is 0 Å². The molecule has 1 N–H and O–H groups in total. The molecular weight excluding hydrogens is 234 g/mol. The molecule has 2 rings (SSSR count). The smallest absolute Gasteiger partial charge is 0.0616 e. The molecule has 0 aromatic heterocycles. The first-order chi connectivity index (χ1) is 9.08.